The molecule has 2 aromatic rings. The second-order valence-corrected chi connectivity index (χ2v) is 3.84. The van der Waals surface area contributed by atoms with Gasteiger partial charge in [-0.25, -0.2) is 15.2 Å². The van der Waals surface area contributed by atoms with Gasteiger partial charge in [-0.05, 0) is 19.1 Å². The highest BCUT2D eigenvalue weighted by Gasteiger charge is 2.07. The van der Waals surface area contributed by atoms with E-state index in [1.54, 1.807) is 18.3 Å². The summed E-state index contributed by atoms with van der Waals surface area (Å²) in [5.74, 6) is 5.87. The standard InChI is InChI=1S/C12H14FN5O/c1-7-6-15-12(18-14)17-11(7)16-8-3-4-9(13)10(5-8)19-2/h3-6H,14H2,1-2H3,(H2,15,16,17,18). The number of ether oxygens (including phenoxy) is 1. The number of halogens is 1. The fourth-order valence-electron chi connectivity index (χ4n) is 1.51. The number of nitrogens with zero attached hydrogens (tertiary/aromatic N) is 2. The van der Waals surface area contributed by atoms with Crippen LogP contribution in [-0.2, 0) is 0 Å². The number of hydrazine groups is 1. The largest absolute Gasteiger partial charge is 0.494 e. The molecular weight excluding hydrogens is 249 g/mol. The highest BCUT2D eigenvalue weighted by molar-refractivity contribution is 5.61. The minimum atomic E-state index is -0.420. The first-order valence-corrected chi connectivity index (χ1v) is 5.55. The first-order chi connectivity index (χ1) is 9.13. The van der Waals surface area contributed by atoms with Gasteiger partial charge in [0, 0.05) is 23.5 Å². The highest BCUT2D eigenvalue weighted by atomic mass is 19.1. The van der Waals surface area contributed by atoms with Crippen LogP contribution in [0.1, 0.15) is 5.56 Å². The molecule has 7 heteroatoms. The van der Waals surface area contributed by atoms with Gasteiger partial charge in [0.15, 0.2) is 11.6 Å². The molecule has 0 aliphatic rings. The molecule has 1 aromatic carbocycles. The molecule has 0 bridgehead atoms. The molecule has 0 amide bonds. The Morgan fingerprint density at radius 3 is 2.84 bits per heavy atom. The molecule has 100 valence electrons. The fraction of sp³-hybridized carbons (Fsp3) is 0.167. The molecule has 0 saturated carbocycles. The lowest BCUT2D eigenvalue weighted by Crippen LogP contribution is -2.11. The summed E-state index contributed by atoms with van der Waals surface area (Å²) in [5.41, 5.74) is 3.86. The van der Waals surface area contributed by atoms with E-state index < -0.39 is 5.82 Å². The van der Waals surface area contributed by atoms with Gasteiger partial charge in [-0.3, -0.25) is 5.43 Å². The third-order valence-electron chi connectivity index (χ3n) is 2.51. The number of aryl methyl sites for hydroxylation is 1. The summed E-state index contributed by atoms with van der Waals surface area (Å²) < 4.78 is 18.2. The molecule has 0 spiro atoms. The lowest BCUT2D eigenvalue weighted by molar-refractivity contribution is 0.387. The summed E-state index contributed by atoms with van der Waals surface area (Å²) in [5, 5.41) is 3.06. The van der Waals surface area contributed by atoms with E-state index in [-0.39, 0.29) is 5.75 Å². The number of aromatic nitrogens is 2. The van der Waals surface area contributed by atoms with Crippen LogP contribution in [0.15, 0.2) is 24.4 Å². The van der Waals surface area contributed by atoms with E-state index in [9.17, 15) is 4.39 Å². The molecular formula is C12H14FN5O. The number of rotatable bonds is 4. The molecule has 19 heavy (non-hydrogen) atoms. The van der Waals surface area contributed by atoms with Crippen molar-refractivity contribution in [3.05, 3.63) is 35.8 Å². The van der Waals surface area contributed by atoms with Gasteiger partial charge in [-0.15, -0.1) is 0 Å². The Balaban J connectivity index is 2.30. The molecule has 0 aliphatic heterocycles. The Labute approximate surface area is 109 Å². The van der Waals surface area contributed by atoms with Crippen LogP contribution in [0.25, 0.3) is 0 Å². The summed E-state index contributed by atoms with van der Waals surface area (Å²) in [7, 11) is 1.41. The van der Waals surface area contributed by atoms with Crippen molar-refractivity contribution >= 4 is 17.5 Å². The number of anilines is 3. The number of methoxy groups -OCH3 is 1. The van der Waals surface area contributed by atoms with Crippen LogP contribution < -0.4 is 21.3 Å². The van der Waals surface area contributed by atoms with Crippen molar-refractivity contribution in [3.63, 3.8) is 0 Å². The van der Waals surface area contributed by atoms with Gasteiger partial charge < -0.3 is 10.1 Å². The van der Waals surface area contributed by atoms with Crippen molar-refractivity contribution < 1.29 is 9.13 Å². The lowest BCUT2D eigenvalue weighted by atomic mass is 10.2. The zero-order valence-corrected chi connectivity index (χ0v) is 10.6. The number of nitrogens with one attached hydrogen (secondary N) is 2. The van der Waals surface area contributed by atoms with E-state index >= 15 is 0 Å². The van der Waals surface area contributed by atoms with Crippen molar-refractivity contribution in [2.45, 2.75) is 6.92 Å². The Morgan fingerprint density at radius 2 is 2.16 bits per heavy atom. The maximum Gasteiger partial charge on any atom is 0.239 e. The van der Waals surface area contributed by atoms with Crippen molar-refractivity contribution in [2.75, 3.05) is 17.9 Å². The number of nitrogen functional groups attached to an aromatic ring is 1. The van der Waals surface area contributed by atoms with Crippen LogP contribution in [0.4, 0.5) is 21.8 Å². The van der Waals surface area contributed by atoms with Gasteiger partial charge in [0.25, 0.3) is 0 Å². The third-order valence-corrected chi connectivity index (χ3v) is 2.51. The quantitative estimate of drug-likeness (QED) is 0.577. The number of nitrogens with two attached hydrogens (primary N) is 1. The molecule has 0 saturated heterocycles. The van der Waals surface area contributed by atoms with Crippen molar-refractivity contribution in [3.8, 4) is 5.75 Å². The summed E-state index contributed by atoms with van der Waals surface area (Å²) in [4.78, 5) is 8.15. The predicted molar refractivity (Wildman–Crippen MR) is 70.8 cm³/mol. The molecule has 0 fully saturated rings. The van der Waals surface area contributed by atoms with Crippen molar-refractivity contribution in [2.24, 2.45) is 5.84 Å². The summed E-state index contributed by atoms with van der Waals surface area (Å²) in [6, 6.07) is 4.46. The van der Waals surface area contributed by atoms with Gasteiger partial charge in [0.1, 0.15) is 5.82 Å². The Bertz CT molecular complexity index is 590. The average Bonchev–Trinajstić information content (AvgIpc) is 2.43. The molecule has 1 heterocycles. The maximum atomic E-state index is 13.3. The smallest absolute Gasteiger partial charge is 0.239 e. The Kier molecular flexibility index (Phi) is 3.76. The normalized spacial score (nSPS) is 10.1. The number of hydrogen-bond donors (Lipinski definition) is 3. The van der Waals surface area contributed by atoms with Crippen LogP contribution in [0.5, 0.6) is 5.75 Å². The molecule has 0 radical (unpaired) electrons. The molecule has 0 atom stereocenters. The average molecular weight is 263 g/mol. The van der Waals surface area contributed by atoms with Crippen LogP contribution in [0.3, 0.4) is 0 Å². The Morgan fingerprint density at radius 1 is 1.37 bits per heavy atom. The van der Waals surface area contributed by atoms with Gasteiger partial charge in [0.05, 0.1) is 7.11 Å². The summed E-state index contributed by atoms with van der Waals surface area (Å²) in [6.07, 6.45) is 1.63. The first kappa shape index (κ1) is 13.0. The molecule has 2 rings (SSSR count). The van der Waals surface area contributed by atoms with E-state index in [1.807, 2.05) is 6.92 Å². The molecule has 0 aliphatic carbocycles. The van der Waals surface area contributed by atoms with Crippen LogP contribution in [0, 0.1) is 12.7 Å². The van der Waals surface area contributed by atoms with Crippen LogP contribution in [-0.4, -0.2) is 17.1 Å². The van der Waals surface area contributed by atoms with Gasteiger partial charge >= 0.3 is 0 Å². The summed E-state index contributed by atoms with van der Waals surface area (Å²) in [6.45, 7) is 1.85. The van der Waals surface area contributed by atoms with Gasteiger partial charge in [-0.1, -0.05) is 0 Å². The van der Waals surface area contributed by atoms with Crippen LogP contribution >= 0.6 is 0 Å². The van der Waals surface area contributed by atoms with E-state index in [4.69, 9.17) is 10.6 Å². The van der Waals surface area contributed by atoms with Gasteiger partial charge in [-0.2, -0.15) is 4.98 Å². The Hall–Kier alpha value is -2.41. The number of benzene rings is 1. The van der Waals surface area contributed by atoms with Crippen molar-refractivity contribution in [1.29, 1.82) is 0 Å². The van der Waals surface area contributed by atoms with E-state index in [1.165, 1.54) is 13.2 Å². The third kappa shape index (κ3) is 2.89. The maximum absolute atomic E-state index is 13.3. The topological polar surface area (TPSA) is 85.1 Å². The lowest BCUT2D eigenvalue weighted by Gasteiger charge is -2.11. The summed E-state index contributed by atoms with van der Waals surface area (Å²) >= 11 is 0. The fourth-order valence-corrected chi connectivity index (χ4v) is 1.51. The second-order valence-electron chi connectivity index (χ2n) is 3.84. The van der Waals surface area contributed by atoms with Crippen LogP contribution in [0.2, 0.25) is 0 Å². The highest BCUT2D eigenvalue weighted by Crippen LogP contribution is 2.25. The molecule has 1 aromatic heterocycles. The SMILES string of the molecule is COc1cc(Nc2nc(NN)ncc2C)ccc1F. The zero-order chi connectivity index (χ0) is 13.8. The predicted octanol–water partition coefficient (Wildman–Crippen LogP) is 1.96. The molecule has 4 N–H and O–H groups in total. The van der Waals surface area contributed by atoms with Crippen molar-refractivity contribution in [1.82, 2.24) is 9.97 Å². The first-order valence-electron chi connectivity index (χ1n) is 5.55. The van der Waals surface area contributed by atoms with E-state index in [0.29, 0.717) is 17.5 Å². The molecule has 0 unspecified atom stereocenters. The monoisotopic (exact) mass is 263 g/mol. The minimum Gasteiger partial charge on any atom is -0.494 e. The van der Waals surface area contributed by atoms with Gasteiger partial charge in [0.2, 0.25) is 5.95 Å². The van der Waals surface area contributed by atoms with E-state index in [2.05, 4.69) is 20.7 Å². The second kappa shape index (κ2) is 5.49. The van der Waals surface area contributed by atoms with E-state index in [0.717, 1.165) is 5.56 Å². The zero-order valence-electron chi connectivity index (χ0n) is 10.6. The minimum absolute atomic E-state index is 0.161. The number of hydrogen-bond acceptors (Lipinski definition) is 6. The molecule has 6 nitrogen and oxygen atoms in total.